The molecule has 8 heteroatoms. The van der Waals surface area contributed by atoms with Crippen LogP contribution >= 0.6 is 0 Å². The van der Waals surface area contributed by atoms with Crippen molar-refractivity contribution in [1.82, 2.24) is 4.90 Å². The van der Waals surface area contributed by atoms with Crippen LogP contribution in [0, 0.1) is 5.92 Å². The van der Waals surface area contributed by atoms with Crippen LogP contribution in [0.5, 0.6) is 0 Å². The Morgan fingerprint density at radius 2 is 2.17 bits per heavy atom. The molecule has 1 rings (SSSR count). The van der Waals surface area contributed by atoms with Gasteiger partial charge < -0.3 is 31.1 Å². The molecule has 0 aromatic heterocycles. The summed E-state index contributed by atoms with van der Waals surface area (Å²) in [7, 11) is 0. The highest BCUT2D eigenvalue weighted by Crippen LogP contribution is 2.21. The molecule has 0 aliphatic carbocycles. The van der Waals surface area contributed by atoms with Crippen LogP contribution in [0.15, 0.2) is 16.6 Å². The summed E-state index contributed by atoms with van der Waals surface area (Å²) in [5, 5.41) is 36.9. The summed E-state index contributed by atoms with van der Waals surface area (Å²) in [6.45, 7) is 2.19. The minimum atomic E-state index is -0.931. The van der Waals surface area contributed by atoms with Gasteiger partial charge in [-0.25, -0.2) is 4.99 Å². The van der Waals surface area contributed by atoms with Gasteiger partial charge >= 0.3 is 5.97 Å². The molecule has 8 nitrogen and oxygen atoms in total. The van der Waals surface area contributed by atoms with Crippen molar-refractivity contribution in [3.05, 3.63) is 11.6 Å². The van der Waals surface area contributed by atoms with E-state index in [4.69, 9.17) is 15.9 Å². The number of carbonyl (C=O) groups is 1. The maximum atomic E-state index is 11.5. The number of nitrogens with zero attached hydrogens (tertiary/aromatic N) is 2. The molecule has 0 bridgehead atoms. The Labute approximate surface area is 135 Å². The van der Waals surface area contributed by atoms with Gasteiger partial charge in [-0.05, 0) is 26.2 Å². The molecule has 0 aromatic rings. The Kier molecular flexibility index (Phi) is 8.01. The summed E-state index contributed by atoms with van der Waals surface area (Å²) < 4.78 is 0. The average molecular weight is 329 g/mol. The van der Waals surface area contributed by atoms with Crippen LogP contribution in [0.25, 0.3) is 0 Å². The molecule has 132 valence electrons. The van der Waals surface area contributed by atoms with Crippen molar-refractivity contribution in [3.8, 4) is 0 Å². The average Bonchev–Trinajstić information content (AvgIpc) is 2.83. The van der Waals surface area contributed by atoms with Crippen LogP contribution in [0.3, 0.4) is 0 Å². The Morgan fingerprint density at radius 1 is 1.48 bits per heavy atom. The quantitative estimate of drug-likeness (QED) is 0.329. The fraction of sp³-hybridized carbons (Fsp3) is 0.733. The second kappa shape index (κ2) is 9.49. The minimum absolute atomic E-state index is 0.0389. The van der Waals surface area contributed by atoms with E-state index < -0.39 is 24.0 Å². The Balaban J connectivity index is 2.62. The molecule has 0 spiro atoms. The summed E-state index contributed by atoms with van der Waals surface area (Å²) >= 11 is 0. The first-order chi connectivity index (χ1) is 10.9. The lowest BCUT2D eigenvalue weighted by atomic mass is 9.94. The first kappa shape index (κ1) is 19.4. The zero-order valence-corrected chi connectivity index (χ0v) is 13.4. The molecular formula is C15H27N3O5. The lowest BCUT2D eigenvalue weighted by Crippen LogP contribution is -2.41. The Hall–Kier alpha value is -1.64. The lowest BCUT2D eigenvalue weighted by Gasteiger charge is -2.23. The molecule has 0 fully saturated rings. The van der Waals surface area contributed by atoms with E-state index in [-0.39, 0.29) is 32.1 Å². The number of nitrogens with two attached hydrogens (primary N) is 1. The standard InChI is InChI=1S/C15H27N3O5/c1-10(9-20)3-2-4-12(14(22)23)13-8-18(15(16)17-13)7-11(21)5-6-19/h3,11-13,19-21H,2,4-9H2,1H3,(H2,16,17)(H,22,23)/b10-3-/t11-,12-,13+/m1/s1. The van der Waals surface area contributed by atoms with E-state index in [2.05, 4.69) is 4.99 Å². The van der Waals surface area contributed by atoms with Gasteiger partial charge in [0.2, 0.25) is 0 Å². The van der Waals surface area contributed by atoms with Gasteiger partial charge in [0.15, 0.2) is 5.96 Å². The number of β-amino-alcohol motifs (C(OH)–C–C–N with tert-alkyl or cyclic N) is 1. The largest absolute Gasteiger partial charge is 0.481 e. The van der Waals surface area contributed by atoms with Crippen LogP contribution in [-0.4, -0.2) is 75.7 Å². The summed E-state index contributed by atoms with van der Waals surface area (Å²) in [5.41, 5.74) is 6.62. The van der Waals surface area contributed by atoms with Gasteiger partial charge in [-0.15, -0.1) is 0 Å². The molecule has 0 saturated heterocycles. The lowest BCUT2D eigenvalue weighted by molar-refractivity contribution is -0.142. The molecule has 3 atom stereocenters. The third-order valence-corrected chi connectivity index (χ3v) is 3.92. The zero-order valence-electron chi connectivity index (χ0n) is 13.4. The third-order valence-electron chi connectivity index (χ3n) is 3.92. The van der Waals surface area contributed by atoms with Crippen molar-refractivity contribution in [3.63, 3.8) is 0 Å². The molecule has 1 aliphatic heterocycles. The monoisotopic (exact) mass is 329 g/mol. The second-order valence-electron chi connectivity index (χ2n) is 5.86. The van der Waals surface area contributed by atoms with Crippen molar-refractivity contribution >= 4 is 11.9 Å². The topological polar surface area (TPSA) is 140 Å². The molecule has 0 saturated carbocycles. The summed E-state index contributed by atoms with van der Waals surface area (Å²) in [6.07, 6.45) is 2.28. The van der Waals surface area contributed by atoms with Crippen molar-refractivity contribution in [2.45, 2.75) is 38.3 Å². The SMILES string of the molecule is C/C(=C/CC[C@@H](C(=O)O)[C@@H]1CN(C[C@H](O)CCO)C(N)=N1)CO. The third kappa shape index (κ3) is 6.17. The molecule has 23 heavy (non-hydrogen) atoms. The molecule has 1 aliphatic rings. The van der Waals surface area contributed by atoms with E-state index in [1.54, 1.807) is 11.8 Å². The predicted octanol–water partition coefficient (Wildman–Crippen LogP) is -0.852. The molecule has 0 aromatic carbocycles. The second-order valence-corrected chi connectivity index (χ2v) is 5.86. The van der Waals surface area contributed by atoms with Gasteiger partial charge in [-0.3, -0.25) is 4.79 Å². The van der Waals surface area contributed by atoms with E-state index in [0.29, 0.717) is 19.4 Å². The van der Waals surface area contributed by atoms with Gasteiger partial charge in [0.25, 0.3) is 0 Å². The van der Waals surface area contributed by atoms with Crippen LogP contribution in [0.4, 0.5) is 0 Å². The van der Waals surface area contributed by atoms with E-state index >= 15 is 0 Å². The van der Waals surface area contributed by atoms with Gasteiger partial charge in [0.05, 0.1) is 24.7 Å². The normalized spacial score (nSPS) is 21.2. The zero-order chi connectivity index (χ0) is 17.4. The summed E-state index contributed by atoms with van der Waals surface area (Å²) in [5.74, 6) is -1.38. The van der Waals surface area contributed by atoms with Gasteiger partial charge in [0, 0.05) is 19.7 Å². The van der Waals surface area contributed by atoms with Crippen LogP contribution < -0.4 is 5.73 Å². The maximum Gasteiger partial charge on any atom is 0.308 e. The molecule has 0 amide bonds. The van der Waals surface area contributed by atoms with Crippen molar-refractivity contribution in [2.24, 2.45) is 16.6 Å². The maximum absolute atomic E-state index is 11.5. The van der Waals surface area contributed by atoms with Gasteiger partial charge in [-0.1, -0.05) is 11.6 Å². The molecule has 0 unspecified atom stereocenters. The highest BCUT2D eigenvalue weighted by atomic mass is 16.4. The number of aliphatic hydroxyl groups excluding tert-OH is 3. The van der Waals surface area contributed by atoms with Crippen LogP contribution in [-0.2, 0) is 4.79 Å². The first-order valence-electron chi connectivity index (χ1n) is 7.75. The number of carboxylic acids is 1. The highest BCUT2D eigenvalue weighted by molar-refractivity contribution is 5.81. The molecule has 6 N–H and O–H groups in total. The number of aliphatic carboxylic acids is 1. The minimum Gasteiger partial charge on any atom is -0.481 e. The number of aliphatic imine (C=N–C) groups is 1. The van der Waals surface area contributed by atoms with E-state index in [1.807, 2.05) is 6.08 Å². The van der Waals surface area contributed by atoms with Crippen LogP contribution in [0.2, 0.25) is 0 Å². The molecule has 1 heterocycles. The number of allylic oxidation sites excluding steroid dienone is 1. The van der Waals surface area contributed by atoms with Gasteiger partial charge in [-0.2, -0.15) is 0 Å². The van der Waals surface area contributed by atoms with E-state index in [0.717, 1.165) is 5.57 Å². The summed E-state index contributed by atoms with van der Waals surface area (Å²) in [6, 6.07) is -0.461. The number of guanidine groups is 1. The highest BCUT2D eigenvalue weighted by Gasteiger charge is 2.34. The smallest absolute Gasteiger partial charge is 0.308 e. The van der Waals surface area contributed by atoms with Crippen molar-refractivity contribution in [1.29, 1.82) is 0 Å². The Bertz CT molecular complexity index is 452. The first-order valence-corrected chi connectivity index (χ1v) is 7.75. The number of carboxylic acid groups (broad SMARTS) is 1. The van der Waals surface area contributed by atoms with E-state index in [9.17, 15) is 15.0 Å². The number of aliphatic hydroxyl groups is 3. The van der Waals surface area contributed by atoms with Gasteiger partial charge in [0.1, 0.15) is 0 Å². The number of rotatable bonds is 10. The summed E-state index contributed by atoms with van der Waals surface area (Å²) in [4.78, 5) is 17.4. The molecule has 0 radical (unpaired) electrons. The predicted molar refractivity (Wildman–Crippen MR) is 85.9 cm³/mol. The number of hydrogen-bond donors (Lipinski definition) is 5. The fourth-order valence-corrected chi connectivity index (χ4v) is 2.55. The number of hydrogen-bond acceptors (Lipinski definition) is 7. The van der Waals surface area contributed by atoms with E-state index in [1.165, 1.54) is 0 Å². The van der Waals surface area contributed by atoms with Crippen molar-refractivity contribution < 1.29 is 25.2 Å². The van der Waals surface area contributed by atoms with Crippen molar-refractivity contribution in [2.75, 3.05) is 26.3 Å². The Morgan fingerprint density at radius 3 is 2.74 bits per heavy atom. The molecular weight excluding hydrogens is 302 g/mol. The van der Waals surface area contributed by atoms with Crippen LogP contribution in [0.1, 0.15) is 26.2 Å². The fourth-order valence-electron chi connectivity index (χ4n) is 2.55.